The molecule has 3 unspecified atom stereocenters. The number of nitrogens with two attached hydrogens (primary N) is 2. The largest absolute Gasteiger partial charge is 0.462 e. The van der Waals surface area contributed by atoms with Gasteiger partial charge < -0.3 is 20.9 Å². The number of aromatic nitrogens is 3. The Labute approximate surface area is 127 Å². The molecule has 22 heavy (non-hydrogen) atoms. The van der Waals surface area contributed by atoms with E-state index in [4.69, 9.17) is 20.9 Å². The second-order valence-electron chi connectivity index (χ2n) is 5.22. The Morgan fingerprint density at radius 1 is 1.59 bits per heavy atom. The minimum absolute atomic E-state index is 0.0645. The van der Waals surface area contributed by atoms with Crippen LogP contribution in [0.5, 0.6) is 0 Å². The van der Waals surface area contributed by atoms with E-state index in [1.54, 1.807) is 0 Å². The Balaban J connectivity index is 1.85. The molecule has 1 aromatic heterocycles. The summed E-state index contributed by atoms with van der Waals surface area (Å²) in [6.07, 6.45) is 3.13. The number of nitrogens with zero attached hydrogens (tertiary/aromatic N) is 3. The molecule has 0 bridgehead atoms. The van der Waals surface area contributed by atoms with Crippen LogP contribution in [0.2, 0.25) is 0 Å². The van der Waals surface area contributed by atoms with E-state index >= 15 is 0 Å². The van der Waals surface area contributed by atoms with Gasteiger partial charge in [0.25, 0.3) is 0 Å². The fraction of sp³-hybridized carbons (Fsp3) is 0.692. The molecule has 9 nitrogen and oxygen atoms in total. The maximum Gasteiger partial charge on any atom is 0.368 e. The maximum atomic E-state index is 11.7. The lowest BCUT2D eigenvalue weighted by molar-refractivity contribution is -0.150. The summed E-state index contributed by atoms with van der Waals surface area (Å²) < 4.78 is 11.9. The zero-order valence-electron chi connectivity index (χ0n) is 12.5. The Bertz CT molecular complexity index is 576. The Morgan fingerprint density at radius 2 is 2.36 bits per heavy atom. The number of esters is 1. The smallest absolute Gasteiger partial charge is 0.368 e. The predicted octanol–water partition coefficient (Wildman–Crippen LogP) is -0.431. The van der Waals surface area contributed by atoms with Gasteiger partial charge in [0.2, 0.25) is 0 Å². The van der Waals surface area contributed by atoms with Crippen LogP contribution in [0, 0.1) is 0 Å². The Morgan fingerprint density at radius 3 is 3.05 bits per heavy atom. The summed E-state index contributed by atoms with van der Waals surface area (Å²) in [5.41, 5.74) is 10.5. The van der Waals surface area contributed by atoms with Crippen LogP contribution in [0.3, 0.4) is 0 Å². The third-order valence-electron chi connectivity index (χ3n) is 3.41. The molecule has 1 saturated heterocycles. The Hall–Kier alpha value is -2.00. The van der Waals surface area contributed by atoms with Gasteiger partial charge in [-0.25, -0.2) is 4.79 Å². The number of carbonyl (C=O) groups is 1. The quantitative estimate of drug-likeness (QED) is 0.675. The van der Waals surface area contributed by atoms with Crippen molar-refractivity contribution in [2.45, 2.75) is 51.0 Å². The second kappa shape index (κ2) is 7.32. The van der Waals surface area contributed by atoms with Crippen LogP contribution in [-0.2, 0) is 14.3 Å². The van der Waals surface area contributed by atoms with Crippen molar-refractivity contribution in [3.63, 3.8) is 0 Å². The number of rotatable bonds is 6. The summed E-state index contributed by atoms with van der Waals surface area (Å²) in [6, 6.07) is -0.604. The van der Waals surface area contributed by atoms with E-state index in [1.807, 2.05) is 6.92 Å². The standard InChI is InChI=1S/C13H21N5O4/c1-2-3-9(14)12(19)21-7-8-4-5-11(22-8)18-13(20)17-10(15)6-16-18/h6,8-9,11H,2-5,7,14H2,1H3,(H2,15,17,20). The second-order valence-corrected chi connectivity index (χ2v) is 5.22. The summed E-state index contributed by atoms with van der Waals surface area (Å²) in [5.74, 6) is -0.368. The van der Waals surface area contributed by atoms with Gasteiger partial charge in [0.1, 0.15) is 18.5 Å². The van der Waals surface area contributed by atoms with Crippen LogP contribution in [0.15, 0.2) is 11.0 Å². The summed E-state index contributed by atoms with van der Waals surface area (Å²) in [4.78, 5) is 26.9. The number of nitrogen functional groups attached to an aromatic ring is 1. The van der Waals surface area contributed by atoms with Crippen LogP contribution >= 0.6 is 0 Å². The molecule has 3 atom stereocenters. The SMILES string of the molecule is CCCC(N)C(=O)OCC1CCC(n2ncc(N)nc2=O)O1. The van der Waals surface area contributed by atoms with Crippen molar-refractivity contribution in [3.05, 3.63) is 16.7 Å². The highest BCUT2D eigenvalue weighted by atomic mass is 16.6. The molecule has 1 aliphatic rings. The van der Waals surface area contributed by atoms with Gasteiger partial charge in [-0.15, -0.1) is 0 Å². The van der Waals surface area contributed by atoms with Gasteiger partial charge in [0.15, 0.2) is 6.23 Å². The van der Waals surface area contributed by atoms with Crippen molar-refractivity contribution >= 4 is 11.8 Å². The molecule has 2 rings (SSSR count). The lowest BCUT2D eigenvalue weighted by Crippen LogP contribution is -2.34. The number of carbonyl (C=O) groups excluding carboxylic acids is 1. The fourth-order valence-corrected chi connectivity index (χ4v) is 2.26. The lowest BCUT2D eigenvalue weighted by Gasteiger charge is -2.16. The first-order chi connectivity index (χ1) is 10.5. The molecule has 2 heterocycles. The highest BCUT2D eigenvalue weighted by Gasteiger charge is 2.29. The monoisotopic (exact) mass is 311 g/mol. The molecule has 4 N–H and O–H groups in total. The van der Waals surface area contributed by atoms with Gasteiger partial charge in [-0.1, -0.05) is 13.3 Å². The van der Waals surface area contributed by atoms with E-state index in [2.05, 4.69) is 10.1 Å². The summed E-state index contributed by atoms with van der Waals surface area (Å²) in [5, 5.41) is 3.91. The molecule has 122 valence electrons. The lowest BCUT2D eigenvalue weighted by atomic mass is 10.2. The number of hydrogen-bond donors (Lipinski definition) is 2. The fourth-order valence-electron chi connectivity index (χ4n) is 2.26. The molecule has 0 amide bonds. The first kappa shape index (κ1) is 16.4. The van der Waals surface area contributed by atoms with E-state index in [-0.39, 0.29) is 18.5 Å². The van der Waals surface area contributed by atoms with E-state index < -0.39 is 23.9 Å². The third-order valence-corrected chi connectivity index (χ3v) is 3.41. The molecule has 1 aliphatic heterocycles. The van der Waals surface area contributed by atoms with Gasteiger partial charge >= 0.3 is 11.7 Å². The van der Waals surface area contributed by atoms with Gasteiger partial charge in [-0.05, 0) is 19.3 Å². The molecule has 0 spiro atoms. The highest BCUT2D eigenvalue weighted by molar-refractivity contribution is 5.75. The first-order valence-electron chi connectivity index (χ1n) is 7.30. The highest BCUT2D eigenvalue weighted by Crippen LogP contribution is 2.26. The van der Waals surface area contributed by atoms with E-state index in [9.17, 15) is 9.59 Å². The number of ether oxygens (including phenoxy) is 2. The van der Waals surface area contributed by atoms with Gasteiger partial charge in [0, 0.05) is 0 Å². The molecule has 1 fully saturated rings. The summed E-state index contributed by atoms with van der Waals surface area (Å²) >= 11 is 0. The van der Waals surface area contributed by atoms with Crippen molar-refractivity contribution in [1.29, 1.82) is 0 Å². The summed E-state index contributed by atoms with van der Waals surface area (Å²) in [6.45, 7) is 2.06. The minimum atomic E-state index is -0.604. The third kappa shape index (κ3) is 4.01. The Kier molecular flexibility index (Phi) is 5.45. The van der Waals surface area contributed by atoms with Crippen molar-refractivity contribution < 1.29 is 14.3 Å². The number of hydrogen-bond acceptors (Lipinski definition) is 8. The topological polar surface area (TPSA) is 135 Å². The van der Waals surface area contributed by atoms with E-state index in [0.29, 0.717) is 19.3 Å². The van der Waals surface area contributed by atoms with E-state index in [0.717, 1.165) is 11.1 Å². The van der Waals surface area contributed by atoms with Crippen LogP contribution in [0.25, 0.3) is 0 Å². The van der Waals surface area contributed by atoms with Crippen molar-refractivity contribution in [1.82, 2.24) is 14.8 Å². The normalized spacial score (nSPS) is 22.5. The van der Waals surface area contributed by atoms with Crippen molar-refractivity contribution in [3.8, 4) is 0 Å². The van der Waals surface area contributed by atoms with Crippen LogP contribution < -0.4 is 17.2 Å². The van der Waals surface area contributed by atoms with Crippen LogP contribution in [0.1, 0.15) is 38.8 Å². The molecule has 0 saturated carbocycles. The first-order valence-corrected chi connectivity index (χ1v) is 7.30. The molecule has 1 aromatic rings. The molecule has 0 radical (unpaired) electrons. The van der Waals surface area contributed by atoms with E-state index in [1.165, 1.54) is 6.20 Å². The van der Waals surface area contributed by atoms with Gasteiger partial charge in [-0.3, -0.25) is 4.79 Å². The zero-order valence-corrected chi connectivity index (χ0v) is 12.5. The minimum Gasteiger partial charge on any atom is -0.462 e. The van der Waals surface area contributed by atoms with Crippen LogP contribution in [0.4, 0.5) is 5.82 Å². The predicted molar refractivity (Wildman–Crippen MR) is 77.7 cm³/mol. The van der Waals surface area contributed by atoms with Crippen molar-refractivity contribution in [2.24, 2.45) is 5.73 Å². The maximum absolute atomic E-state index is 11.7. The molecular formula is C13H21N5O4. The van der Waals surface area contributed by atoms with Crippen molar-refractivity contribution in [2.75, 3.05) is 12.3 Å². The van der Waals surface area contributed by atoms with Gasteiger partial charge in [-0.2, -0.15) is 14.8 Å². The zero-order chi connectivity index (χ0) is 16.1. The molecule has 0 aliphatic carbocycles. The molecular weight excluding hydrogens is 290 g/mol. The number of anilines is 1. The van der Waals surface area contributed by atoms with Gasteiger partial charge in [0.05, 0.1) is 12.3 Å². The molecule has 0 aromatic carbocycles. The van der Waals surface area contributed by atoms with Crippen LogP contribution in [-0.4, -0.2) is 39.5 Å². The average molecular weight is 311 g/mol. The summed E-state index contributed by atoms with van der Waals surface area (Å²) in [7, 11) is 0. The average Bonchev–Trinajstić information content (AvgIpc) is 2.93. The molecule has 9 heteroatoms.